The Morgan fingerprint density at radius 3 is 2.33 bits per heavy atom. The van der Waals surface area contributed by atoms with Crippen LogP contribution in [0.4, 0.5) is 17.6 Å². The summed E-state index contributed by atoms with van der Waals surface area (Å²) in [5, 5.41) is 0. The second kappa shape index (κ2) is 3.55. The second-order valence-corrected chi connectivity index (χ2v) is 3.10. The van der Waals surface area contributed by atoms with Crippen molar-refractivity contribution in [3.63, 3.8) is 0 Å². The van der Waals surface area contributed by atoms with Gasteiger partial charge >= 0.3 is 0 Å². The van der Waals surface area contributed by atoms with Gasteiger partial charge in [0.1, 0.15) is 5.69 Å². The van der Waals surface area contributed by atoms with Gasteiger partial charge < -0.3 is 0 Å². The molecule has 0 aromatic carbocycles. The number of pyridine rings is 1. The van der Waals surface area contributed by atoms with Gasteiger partial charge in [0.15, 0.2) is 5.82 Å². The molecule has 0 saturated carbocycles. The van der Waals surface area contributed by atoms with Crippen LogP contribution in [0.5, 0.6) is 0 Å². The van der Waals surface area contributed by atoms with Crippen LogP contribution in [0.3, 0.4) is 0 Å². The van der Waals surface area contributed by atoms with Crippen LogP contribution in [-0.4, -0.2) is 4.98 Å². The van der Waals surface area contributed by atoms with Crippen molar-refractivity contribution in [1.29, 1.82) is 0 Å². The van der Waals surface area contributed by atoms with E-state index in [0.29, 0.717) is 0 Å². The molecule has 0 radical (unpaired) electrons. The van der Waals surface area contributed by atoms with Crippen LogP contribution < -0.4 is 0 Å². The third kappa shape index (κ3) is 1.85. The monoisotopic (exact) mass is 291 g/mol. The van der Waals surface area contributed by atoms with Gasteiger partial charge in [-0.05, 0) is 28.7 Å². The number of alkyl halides is 2. The van der Waals surface area contributed by atoms with Gasteiger partial charge in [0.2, 0.25) is 5.95 Å². The Bertz CT molecular complexity index is 279. The fraction of sp³-hybridized carbons (Fsp3) is 0.167. The standard InChI is InChI=1S/C6H2F4IN/c7-4-2(11)1-3(5(8)9)12-6(4)10/h1,5H. The Hall–Kier alpha value is -0.400. The Morgan fingerprint density at radius 1 is 1.33 bits per heavy atom. The topological polar surface area (TPSA) is 12.9 Å². The first kappa shape index (κ1) is 9.69. The highest BCUT2D eigenvalue weighted by molar-refractivity contribution is 14.1. The number of halogens is 5. The first-order valence-electron chi connectivity index (χ1n) is 2.82. The number of nitrogens with zero attached hydrogens (tertiary/aromatic N) is 1. The molecule has 0 bridgehead atoms. The Kier molecular flexibility index (Phi) is 2.86. The van der Waals surface area contributed by atoms with E-state index in [9.17, 15) is 17.6 Å². The molecule has 0 N–H and O–H groups in total. The van der Waals surface area contributed by atoms with Crippen LogP contribution in [0.1, 0.15) is 12.1 Å². The lowest BCUT2D eigenvalue weighted by molar-refractivity contribution is 0.144. The average Bonchev–Trinajstić information content (AvgIpc) is 1.99. The predicted octanol–water partition coefficient (Wildman–Crippen LogP) is 2.90. The summed E-state index contributed by atoms with van der Waals surface area (Å²) in [7, 11) is 0. The molecule has 0 spiro atoms. The molecule has 1 heterocycles. The van der Waals surface area contributed by atoms with Crippen LogP contribution in [0.2, 0.25) is 0 Å². The molecular weight excluding hydrogens is 289 g/mol. The number of hydrogen-bond donors (Lipinski definition) is 0. The lowest BCUT2D eigenvalue weighted by Crippen LogP contribution is -1.99. The Balaban J connectivity index is 3.21. The van der Waals surface area contributed by atoms with Gasteiger partial charge in [0.25, 0.3) is 6.43 Å². The minimum atomic E-state index is -2.88. The molecule has 0 unspecified atom stereocenters. The summed E-state index contributed by atoms with van der Waals surface area (Å²) in [4.78, 5) is 2.74. The largest absolute Gasteiger partial charge is 0.280 e. The summed E-state index contributed by atoms with van der Waals surface area (Å²) in [6, 6.07) is 0.809. The van der Waals surface area contributed by atoms with Gasteiger partial charge in [0, 0.05) is 0 Å². The van der Waals surface area contributed by atoms with Crippen molar-refractivity contribution in [3.05, 3.63) is 27.1 Å². The van der Waals surface area contributed by atoms with Gasteiger partial charge in [-0.15, -0.1) is 0 Å². The zero-order chi connectivity index (χ0) is 9.30. The smallest absolute Gasteiger partial charge is 0.216 e. The van der Waals surface area contributed by atoms with Crippen molar-refractivity contribution in [2.45, 2.75) is 6.43 Å². The van der Waals surface area contributed by atoms with Gasteiger partial charge in [-0.3, -0.25) is 0 Å². The first-order valence-corrected chi connectivity index (χ1v) is 3.90. The molecule has 1 rings (SSSR count). The molecule has 0 atom stereocenters. The summed E-state index contributed by atoms with van der Waals surface area (Å²) in [5.41, 5.74) is -0.752. The summed E-state index contributed by atoms with van der Waals surface area (Å²) in [6.07, 6.45) is -2.88. The van der Waals surface area contributed by atoms with Gasteiger partial charge in [-0.2, -0.15) is 4.39 Å². The highest BCUT2D eigenvalue weighted by atomic mass is 127. The maximum absolute atomic E-state index is 12.5. The molecular formula is C6H2F4IN. The van der Waals surface area contributed by atoms with Crippen molar-refractivity contribution < 1.29 is 17.6 Å². The van der Waals surface area contributed by atoms with Crippen LogP contribution in [0.15, 0.2) is 6.07 Å². The van der Waals surface area contributed by atoms with E-state index in [1.807, 2.05) is 0 Å². The molecule has 12 heavy (non-hydrogen) atoms. The summed E-state index contributed by atoms with van der Waals surface area (Å²) in [6.45, 7) is 0. The number of aromatic nitrogens is 1. The van der Waals surface area contributed by atoms with Crippen LogP contribution >= 0.6 is 22.6 Å². The van der Waals surface area contributed by atoms with E-state index in [1.165, 1.54) is 22.6 Å². The molecule has 1 nitrogen and oxygen atoms in total. The lowest BCUT2D eigenvalue weighted by Gasteiger charge is -2.00. The fourth-order valence-electron chi connectivity index (χ4n) is 0.598. The zero-order valence-electron chi connectivity index (χ0n) is 5.49. The van der Waals surface area contributed by atoms with Gasteiger partial charge in [-0.25, -0.2) is 18.2 Å². The van der Waals surface area contributed by atoms with Crippen LogP contribution in [0.25, 0.3) is 0 Å². The zero-order valence-corrected chi connectivity index (χ0v) is 7.65. The first-order chi connectivity index (χ1) is 5.52. The molecule has 0 saturated heterocycles. The van der Waals surface area contributed by atoms with Crippen molar-refractivity contribution in [3.8, 4) is 0 Å². The van der Waals surface area contributed by atoms with Crippen molar-refractivity contribution in [2.75, 3.05) is 0 Å². The van der Waals surface area contributed by atoms with E-state index in [0.717, 1.165) is 6.07 Å². The van der Waals surface area contributed by atoms with E-state index in [2.05, 4.69) is 4.98 Å². The molecule has 0 amide bonds. The van der Waals surface area contributed by atoms with E-state index in [4.69, 9.17) is 0 Å². The summed E-state index contributed by atoms with van der Waals surface area (Å²) in [5.74, 6) is -2.68. The molecule has 0 aliphatic rings. The van der Waals surface area contributed by atoms with Crippen molar-refractivity contribution in [2.24, 2.45) is 0 Å². The second-order valence-electron chi connectivity index (χ2n) is 1.93. The minimum absolute atomic E-state index is 0.199. The third-order valence-electron chi connectivity index (χ3n) is 1.12. The van der Waals surface area contributed by atoms with Crippen molar-refractivity contribution in [1.82, 2.24) is 4.98 Å². The van der Waals surface area contributed by atoms with Crippen molar-refractivity contribution >= 4 is 22.6 Å². The molecule has 6 heteroatoms. The van der Waals surface area contributed by atoms with Crippen LogP contribution in [-0.2, 0) is 0 Å². The number of rotatable bonds is 1. The normalized spacial score (nSPS) is 10.8. The molecule has 0 aliphatic heterocycles. The quantitative estimate of drug-likeness (QED) is 0.440. The highest BCUT2D eigenvalue weighted by Gasteiger charge is 2.15. The SMILES string of the molecule is Fc1nc(C(F)F)cc(I)c1F. The van der Waals surface area contributed by atoms with E-state index in [1.54, 1.807) is 0 Å². The highest BCUT2D eigenvalue weighted by Crippen LogP contribution is 2.21. The predicted molar refractivity (Wildman–Crippen MR) is 41.8 cm³/mol. The molecule has 0 aliphatic carbocycles. The Morgan fingerprint density at radius 2 is 1.92 bits per heavy atom. The maximum Gasteiger partial charge on any atom is 0.280 e. The molecule has 1 aromatic heterocycles. The summed E-state index contributed by atoms with van der Waals surface area (Å²) < 4.78 is 48.5. The minimum Gasteiger partial charge on any atom is -0.216 e. The van der Waals surface area contributed by atoms with E-state index >= 15 is 0 Å². The average molecular weight is 291 g/mol. The maximum atomic E-state index is 12.5. The van der Waals surface area contributed by atoms with E-state index in [-0.39, 0.29) is 3.57 Å². The lowest BCUT2D eigenvalue weighted by atomic mass is 10.3. The molecule has 1 aromatic rings. The Labute approximate surface area is 78.9 Å². The van der Waals surface area contributed by atoms with Gasteiger partial charge in [0.05, 0.1) is 3.57 Å². The summed E-state index contributed by atoms with van der Waals surface area (Å²) >= 11 is 1.42. The molecule has 66 valence electrons. The van der Waals surface area contributed by atoms with E-state index < -0.39 is 23.9 Å². The van der Waals surface area contributed by atoms with Gasteiger partial charge in [-0.1, -0.05) is 0 Å². The molecule has 0 fully saturated rings. The number of hydrogen-bond acceptors (Lipinski definition) is 1. The van der Waals surface area contributed by atoms with Crippen LogP contribution in [0, 0.1) is 15.3 Å². The third-order valence-corrected chi connectivity index (χ3v) is 1.90. The fourth-order valence-corrected chi connectivity index (χ4v) is 1.14.